The molecule has 1 aromatic carbocycles. The number of anilines is 1. The van der Waals surface area contributed by atoms with Crippen LogP contribution < -0.4 is 4.90 Å². The first kappa shape index (κ1) is 12.8. The summed E-state index contributed by atoms with van der Waals surface area (Å²) in [6.45, 7) is 0.889. The van der Waals surface area contributed by atoms with Crippen molar-refractivity contribution in [3.05, 3.63) is 30.1 Å². The Kier molecular flexibility index (Phi) is 3.52. The lowest BCUT2D eigenvalue weighted by molar-refractivity contribution is -0.159. The third-order valence-electron chi connectivity index (χ3n) is 3.40. The van der Waals surface area contributed by atoms with Gasteiger partial charge in [0.1, 0.15) is 5.82 Å². The quantitative estimate of drug-likeness (QED) is 0.841. The molecule has 18 heavy (non-hydrogen) atoms. The first-order chi connectivity index (χ1) is 8.53. The molecule has 1 saturated heterocycles. The van der Waals surface area contributed by atoms with Crippen molar-refractivity contribution < 1.29 is 19.4 Å². The van der Waals surface area contributed by atoms with Crippen molar-refractivity contribution in [1.82, 2.24) is 0 Å². The third kappa shape index (κ3) is 2.46. The molecule has 1 unspecified atom stereocenters. The number of hydrogen-bond donors (Lipinski definition) is 2. The molecule has 1 aliphatic heterocycles. The summed E-state index contributed by atoms with van der Waals surface area (Å²) in [6.07, 6.45) is 0.834. The number of hydrogen-bond acceptors (Lipinski definition) is 3. The molecule has 0 saturated carbocycles. The Hall–Kier alpha value is -1.62. The maximum Gasteiger partial charge on any atom is 0.335 e. The highest BCUT2D eigenvalue weighted by Crippen LogP contribution is 2.27. The van der Waals surface area contributed by atoms with Gasteiger partial charge in [0.15, 0.2) is 5.60 Å². The zero-order valence-corrected chi connectivity index (χ0v) is 9.97. The van der Waals surface area contributed by atoms with Crippen LogP contribution in [-0.4, -0.2) is 34.9 Å². The minimum absolute atomic E-state index is 0.108. The predicted molar refractivity (Wildman–Crippen MR) is 65.0 cm³/mol. The zero-order valence-electron chi connectivity index (χ0n) is 9.97. The van der Waals surface area contributed by atoms with Gasteiger partial charge in [-0.1, -0.05) is 12.1 Å². The Labute approximate surface area is 105 Å². The molecule has 0 aliphatic carbocycles. The fraction of sp³-hybridized carbons (Fsp3) is 0.462. The summed E-state index contributed by atoms with van der Waals surface area (Å²) in [7, 11) is 0. The molecular formula is C13H16FNO3. The van der Waals surface area contributed by atoms with Crippen molar-refractivity contribution >= 4 is 11.7 Å². The summed E-state index contributed by atoms with van der Waals surface area (Å²) in [5, 5.41) is 18.9. The van der Waals surface area contributed by atoms with Crippen LogP contribution >= 0.6 is 0 Å². The van der Waals surface area contributed by atoms with Gasteiger partial charge in [-0.3, -0.25) is 0 Å². The molecule has 0 bridgehead atoms. The van der Waals surface area contributed by atoms with Crippen molar-refractivity contribution in [2.24, 2.45) is 0 Å². The molecule has 2 N–H and O–H groups in total. The van der Waals surface area contributed by atoms with Gasteiger partial charge in [0.05, 0.1) is 5.69 Å². The van der Waals surface area contributed by atoms with E-state index in [4.69, 9.17) is 5.11 Å². The van der Waals surface area contributed by atoms with E-state index in [2.05, 4.69) is 0 Å². The van der Waals surface area contributed by atoms with Gasteiger partial charge in [0.2, 0.25) is 0 Å². The number of rotatable bonds is 2. The van der Waals surface area contributed by atoms with E-state index in [1.807, 2.05) is 0 Å². The molecular weight excluding hydrogens is 237 g/mol. The Balaban J connectivity index is 2.15. The Morgan fingerprint density at radius 2 is 2.00 bits per heavy atom. The van der Waals surface area contributed by atoms with Gasteiger partial charge in [0.25, 0.3) is 0 Å². The van der Waals surface area contributed by atoms with Gasteiger partial charge in [-0.25, -0.2) is 9.18 Å². The van der Waals surface area contributed by atoms with Crippen LogP contribution in [0.15, 0.2) is 24.3 Å². The highest BCUT2D eigenvalue weighted by atomic mass is 19.1. The van der Waals surface area contributed by atoms with Crippen LogP contribution in [0.1, 0.15) is 19.3 Å². The maximum atomic E-state index is 13.6. The van der Waals surface area contributed by atoms with Gasteiger partial charge < -0.3 is 15.1 Å². The van der Waals surface area contributed by atoms with Crippen LogP contribution in [0.4, 0.5) is 10.1 Å². The normalized spacial score (nSPS) is 24.7. The molecule has 0 aromatic heterocycles. The van der Waals surface area contributed by atoms with Gasteiger partial charge in [-0.2, -0.15) is 0 Å². The summed E-state index contributed by atoms with van der Waals surface area (Å²) in [5.74, 6) is -1.52. The lowest BCUT2D eigenvalue weighted by Crippen LogP contribution is -2.39. The Morgan fingerprint density at radius 3 is 2.67 bits per heavy atom. The third-order valence-corrected chi connectivity index (χ3v) is 3.40. The monoisotopic (exact) mass is 253 g/mol. The highest BCUT2D eigenvalue weighted by molar-refractivity contribution is 5.77. The topological polar surface area (TPSA) is 60.8 Å². The van der Waals surface area contributed by atoms with E-state index in [0.29, 0.717) is 25.2 Å². The average Bonchev–Trinajstić information content (AvgIpc) is 2.53. The first-order valence-electron chi connectivity index (χ1n) is 5.98. The number of aliphatic hydroxyl groups is 1. The molecule has 1 atom stereocenters. The number of aliphatic carboxylic acids is 1. The Bertz CT molecular complexity index is 452. The van der Waals surface area contributed by atoms with Gasteiger partial charge in [0, 0.05) is 19.5 Å². The molecule has 2 rings (SSSR count). The number of carbonyl (C=O) groups is 1. The second kappa shape index (κ2) is 4.94. The number of nitrogens with zero attached hydrogens (tertiary/aromatic N) is 1. The van der Waals surface area contributed by atoms with Crippen LogP contribution in [0.5, 0.6) is 0 Å². The van der Waals surface area contributed by atoms with Crippen molar-refractivity contribution in [3.63, 3.8) is 0 Å². The average molecular weight is 253 g/mol. The van der Waals surface area contributed by atoms with Crippen LogP contribution in [0.3, 0.4) is 0 Å². The number of halogens is 1. The van der Waals surface area contributed by atoms with E-state index in [0.717, 1.165) is 0 Å². The fourth-order valence-electron chi connectivity index (χ4n) is 2.28. The lowest BCUT2D eigenvalue weighted by Gasteiger charge is -2.24. The summed E-state index contributed by atoms with van der Waals surface area (Å²) in [5.41, 5.74) is -1.22. The molecule has 1 fully saturated rings. The minimum atomic E-state index is -1.68. The second-order valence-corrected chi connectivity index (χ2v) is 4.63. The van der Waals surface area contributed by atoms with Crippen molar-refractivity contribution in [2.75, 3.05) is 18.0 Å². The van der Waals surface area contributed by atoms with Crippen molar-refractivity contribution in [2.45, 2.75) is 24.9 Å². The molecule has 5 heteroatoms. The van der Waals surface area contributed by atoms with Crippen LogP contribution in [0, 0.1) is 5.82 Å². The van der Waals surface area contributed by atoms with Gasteiger partial charge in [-0.05, 0) is 25.0 Å². The standard InChI is InChI=1S/C13H16FNO3/c14-10-4-1-2-5-11(10)15-8-3-6-13(18,7-9-15)12(16)17/h1-2,4-5,18H,3,6-9H2,(H,16,17). The maximum absolute atomic E-state index is 13.6. The number of para-hydroxylation sites is 1. The summed E-state index contributed by atoms with van der Waals surface area (Å²) < 4.78 is 13.6. The minimum Gasteiger partial charge on any atom is -0.479 e. The largest absolute Gasteiger partial charge is 0.479 e. The van der Waals surface area contributed by atoms with E-state index in [-0.39, 0.29) is 18.7 Å². The predicted octanol–water partition coefficient (Wildman–Crippen LogP) is 1.63. The van der Waals surface area contributed by atoms with E-state index >= 15 is 0 Å². The molecule has 1 aliphatic rings. The molecule has 1 aromatic rings. The molecule has 98 valence electrons. The van der Waals surface area contributed by atoms with Crippen molar-refractivity contribution in [3.8, 4) is 0 Å². The Morgan fingerprint density at radius 1 is 1.28 bits per heavy atom. The zero-order chi connectivity index (χ0) is 13.2. The highest BCUT2D eigenvalue weighted by Gasteiger charge is 2.37. The summed E-state index contributed by atoms with van der Waals surface area (Å²) in [4.78, 5) is 12.8. The molecule has 0 spiro atoms. The van der Waals surface area contributed by atoms with Crippen LogP contribution in [-0.2, 0) is 4.79 Å². The first-order valence-corrected chi connectivity index (χ1v) is 5.98. The van der Waals surface area contributed by atoms with Crippen LogP contribution in [0.25, 0.3) is 0 Å². The van der Waals surface area contributed by atoms with Gasteiger partial charge >= 0.3 is 5.97 Å². The number of carboxylic acid groups (broad SMARTS) is 1. The number of carboxylic acids is 1. The smallest absolute Gasteiger partial charge is 0.335 e. The summed E-state index contributed by atoms with van der Waals surface area (Å²) in [6, 6.07) is 6.40. The second-order valence-electron chi connectivity index (χ2n) is 4.63. The SMILES string of the molecule is O=C(O)C1(O)CCCN(c2ccccc2F)CC1. The van der Waals surface area contributed by atoms with Gasteiger partial charge in [-0.15, -0.1) is 0 Å². The molecule has 0 amide bonds. The lowest BCUT2D eigenvalue weighted by atomic mass is 9.95. The van der Waals surface area contributed by atoms with E-state index in [1.165, 1.54) is 6.07 Å². The molecule has 4 nitrogen and oxygen atoms in total. The summed E-state index contributed by atoms with van der Waals surface area (Å²) >= 11 is 0. The molecule has 1 heterocycles. The van der Waals surface area contributed by atoms with Crippen molar-refractivity contribution in [1.29, 1.82) is 0 Å². The van der Waals surface area contributed by atoms with E-state index in [1.54, 1.807) is 23.1 Å². The van der Waals surface area contributed by atoms with Crippen LogP contribution in [0.2, 0.25) is 0 Å². The van der Waals surface area contributed by atoms with E-state index < -0.39 is 11.6 Å². The molecule has 0 radical (unpaired) electrons. The number of benzene rings is 1. The van der Waals surface area contributed by atoms with E-state index in [9.17, 15) is 14.3 Å². The fourth-order valence-corrected chi connectivity index (χ4v) is 2.28.